The minimum Gasteiger partial charge on any atom is -0.289 e. The monoisotopic (exact) mass is 150 g/mol. The largest absolute Gasteiger partial charge is 0.289 e. The van der Waals surface area contributed by atoms with Gasteiger partial charge in [-0.3, -0.25) is 4.79 Å². The lowest BCUT2D eigenvalue weighted by Gasteiger charge is -1.92. The summed E-state index contributed by atoms with van der Waals surface area (Å²) in [5, 5.41) is 0. The molecule has 0 N–H and O–H groups in total. The topological polar surface area (TPSA) is 17.1 Å². The molecule has 0 aromatic carbocycles. The molecule has 60 valence electrons. The van der Waals surface area contributed by atoms with E-state index in [-0.39, 0.29) is 5.78 Å². The summed E-state index contributed by atoms with van der Waals surface area (Å²) in [5.74, 6) is 0.408. The molecule has 0 aliphatic heterocycles. The normalized spacial score (nSPS) is 10.2. The fourth-order valence-electron chi connectivity index (χ4n) is 0.492. The van der Waals surface area contributed by atoms with Crippen molar-refractivity contribution in [3.05, 3.63) is 30.0 Å². The number of carbonyl (C=O) groups is 1. The highest BCUT2D eigenvalue weighted by atomic mass is 16.1. The van der Waals surface area contributed by atoms with E-state index >= 15 is 0 Å². The fourth-order valence-corrected chi connectivity index (χ4v) is 0.492. The third-order valence-electron chi connectivity index (χ3n) is 1.27. The fraction of sp³-hybridized carbons (Fsp3) is 0.400. The molecule has 0 aliphatic rings. The Bertz CT molecular complexity index is 215. The molecule has 0 aromatic heterocycles. The Morgan fingerprint density at radius 1 is 1.55 bits per heavy atom. The van der Waals surface area contributed by atoms with E-state index in [9.17, 15) is 4.79 Å². The highest BCUT2D eigenvalue weighted by molar-refractivity contribution is 6.03. The van der Waals surface area contributed by atoms with Gasteiger partial charge in [-0.05, 0) is 18.9 Å². The van der Waals surface area contributed by atoms with E-state index in [0.717, 1.165) is 0 Å². The van der Waals surface area contributed by atoms with Crippen molar-refractivity contribution in [2.75, 3.05) is 0 Å². The predicted molar refractivity (Wildman–Crippen MR) is 47.3 cm³/mol. The van der Waals surface area contributed by atoms with Crippen LogP contribution in [0.1, 0.15) is 20.8 Å². The molecule has 0 unspecified atom stereocenters. The van der Waals surface area contributed by atoms with E-state index in [1.54, 1.807) is 13.0 Å². The molecule has 0 bridgehead atoms. The minimum atomic E-state index is -0.00583. The van der Waals surface area contributed by atoms with E-state index in [2.05, 4.69) is 12.3 Å². The summed E-state index contributed by atoms with van der Waals surface area (Å²) >= 11 is 0. The molecule has 1 heteroatoms. The summed E-state index contributed by atoms with van der Waals surface area (Å²) in [6, 6.07) is 0. The number of allylic oxidation sites excluding steroid dienone is 3. The average molecular weight is 150 g/mol. The van der Waals surface area contributed by atoms with Gasteiger partial charge in [0.15, 0.2) is 5.78 Å². The van der Waals surface area contributed by atoms with E-state index in [1.807, 2.05) is 19.9 Å². The molecule has 0 saturated heterocycles. The molecule has 0 spiro atoms. The maximum absolute atomic E-state index is 11.1. The maximum Gasteiger partial charge on any atom is 0.188 e. The summed E-state index contributed by atoms with van der Waals surface area (Å²) < 4.78 is 0. The summed E-state index contributed by atoms with van der Waals surface area (Å²) in [6.45, 7) is 9.15. The Hall–Kier alpha value is -1.07. The van der Waals surface area contributed by atoms with E-state index in [0.29, 0.717) is 11.5 Å². The van der Waals surface area contributed by atoms with Gasteiger partial charge < -0.3 is 0 Å². The van der Waals surface area contributed by atoms with Crippen LogP contribution in [0.25, 0.3) is 0 Å². The van der Waals surface area contributed by atoms with Crippen LogP contribution in [0.3, 0.4) is 0 Å². The van der Waals surface area contributed by atoms with Gasteiger partial charge in [-0.25, -0.2) is 0 Å². The van der Waals surface area contributed by atoms with E-state index in [4.69, 9.17) is 0 Å². The molecule has 0 radical (unpaired) electrons. The SMILES string of the molecule is C=C=C(C)C(=O)/C=C/C(C)C. The van der Waals surface area contributed by atoms with Crippen LogP contribution in [0.15, 0.2) is 30.0 Å². The molecule has 1 nitrogen and oxygen atoms in total. The lowest BCUT2D eigenvalue weighted by atomic mass is 10.1. The Morgan fingerprint density at radius 2 is 2.09 bits per heavy atom. The zero-order chi connectivity index (χ0) is 8.85. The Labute approximate surface area is 68.1 Å². The molecule has 0 atom stereocenters. The molecule has 11 heavy (non-hydrogen) atoms. The summed E-state index contributed by atoms with van der Waals surface area (Å²) in [6.07, 6.45) is 3.43. The second-order valence-electron chi connectivity index (χ2n) is 2.77. The molecule has 0 fully saturated rings. The molecular weight excluding hydrogens is 136 g/mol. The molecule has 0 amide bonds. The van der Waals surface area contributed by atoms with Crippen LogP contribution >= 0.6 is 0 Å². The first kappa shape index (κ1) is 9.93. The second-order valence-corrected chi connectivity index (χ2v) is 2.77. The van der Waals surface area contributed by atoms with E-state index in [1.165, 1.54) is 0 Å². The van der Waals surface area contributed by atoms with Crippen LogP contribution in [0.4, 0.5) is 0 Å². The summed E-state index contributed by atoms with van der Waals surface area (Å²) in [5.41, 5.74) is 3.13. The number of carbonyl (C=O) groups excluding carboxylic acids is 1. The standard InChI is InChI=1S/C10H14O/c1-5-9(4)10(11)7-6-8(2)3/h6-8H,1H2,2-4H3/b7-6+. The first-order valence-electron chi connectivity index (χ1n) is 3.67. The van der Waals surface area contributed by atoms with Crippen LogP contribution < -0.4 is 0 Å². The van der Waals surface area contributed by atoms with Gasteiger partial charge in [0.25, 0.3) is 0 Å². The van der Waals surface area contributed by atoms with Crippen molar-refractivity contribution < 1.29 is 4.79 Å². The van der Waals surface area contributed by atoms with Gasteiger partial charge in [0.05, 0.1) is 0 Å². The number of hydrogen-bond acceptors (Lipinski definition) is 1. The molecule has 0 rings (SSSR count). The molecule has 0 aromatic rings. The highest BCUT2D eigenvalue weighted by Gasteiger charge is 1.96. The average Bonchev–Trinajstić information content (AvgIpc) is 1.98. The van der Waals surface area contributed by atoms with Crippen molar-refractivity contribution in [1.29, 1.82) is 0 Å². The quantitative estimate of drug-likeness (QED) is 0.446. The van der Waals surface area contributed by atoms with Crippen molar-refractivity contribution in [3.8, 4) is 0 Å². The van der Waals surface area contributed by atoms with Gasteiger partial charge in [-0.2, -0.15) is 0 Å². The highest BCUT2D eigenvalue weighted by Crippen LogP contribution is 1.97. The van der Waals surface area contributed by atoms with Gasteiger partial charge in [0, 0.05) is 5.57 Å². The van der Waals surface area contributed by atoms with Crippen LogP contribution in [0.2, 0.25) is 0 Å². The smallest absolute Gasteiger partial charge is 0.188 e. The van der Waals surface area contributed by atoms with Crippen LogP contribution in [-0.2, 0) is 4.79 Å². The lowest BCUT2D eigenvalue weighted by molar-refractivity contribution is -0.111. The van der Waals surface area contributed by atoms with Crippen molar-refractivity contribution in [1.82, 2.24) is 0 Å². The summed E-state index contributed by atoms with van der Waals surface area (Å²) in [4.78, 5) is 11.1. The van der Waals surface area contributed by atoms with Crippen LogP contribution in [-0.4, -0.2) is 5.78 Å². The molecular formula is C10H14O. The number of hydrogen-bond donors (Lipinski definition) is 0. The van der Waals surface area contributed by atoms with Gasteiger partial charge in [0.1, 0.15) is 0 Å². The maximum atomic E-state index is 11.1. The third kappa shape index (κ3) is 4.35. The van der Waals surface area contributed by atoms with Gasteiger partial charge in [-0.1, -0.05) is 26.5 Å². The van der Waals surface area contributed by atoms with Crippen LogP contribution in [0.5, 0.6) is 0 Å². The van der Waals surface area contributed by atoms with Gasteiger partial charge >= 0.3 is 0 Å². The Morgan fingerprint density at radius 3 is 2.45 bits per heavy atom. The van der Waals surface area contributed by atoms with Gasteiger partial charge in [-0.15, -0.1) is 5.73 Å². The van der Waals surface area contributed by atoms with Crippen molar-refractivity contribution in [2.45, 2.75) is 20.8 Å². The first-order valence-corrected chi connectivity index (χ1v) is 3.67. The van der Waals surface area contributed by atoms with Crippen molar-refractivity contribution in [3.63, 3.8) is 0 Å². The first-order chi connectivity index (χ1) is 5.07. The molecule has 0 heterocycles. The Kier molecular flexibility index (Phi) is 4.24. The van der Waals surface area contributed by atoms with Crippen molar-refractivity contribution >= 4 is 5.78 Å². The van der Waals surface area contributed by atoms with Gasteiger partial charge in [0.2, 0.25) is 0 Å². The second kappa shape index (κ2) is 4.70. The molecule has 0 saturated carbocycles. The number of ketones is 1. The summed E-state index contributed by atoms with van der Waals surface area (Å²) in [7, 11) is 0. The van der Waals surface area contributed by atoms with E-state index < -0.39 is 0 Å². The Balaban J connectivity index is 4.20. The zero-order valence-corrected chi connectivity index (χ0v) is 7.35. The molecule has 0 aliphatic carbocycles. The zero-order valence-electron chi connectivity index (χ0n) is 7.35. The van der Waals surface area contributed by atoms with Crippen molar-refractivity contribution in [2.24, 2.45) is 5.92 Å². The lowest BCUT2D eigenvalue weighted by Crippen LogP contribution is -1.93. The number of rotatable bonds is 3. The third-order valence-corrected chi connectivity index (χ3v) is 1.27. The predicted octanol–water partition coefficient (Wildman–Crippen LogP) is 2.50. The van der Waals surface area contributed by atoms with Crippen LogP contribution in [0, 0.1) is 5.92 Å². The minimum absolute atomic E-state index is 0.00583.